The molecular formula is C41H47F2N5O4. The van der Waals surface area contributed by atoms with Crippen molar-refractivity contribution in [3.63, 3.8) is 0 Å². The molecule has 11 heteroatoms. The minimum atomic E-state index is -0.962. The molecule has 4 aliphatic rings. The van der Waals surface area contributed by atoms with E-state index in [1.54, 1.807) is 23.1 Å². The summed E-state index contributed by atoms with van der Waals surface area (Å²) in [5.74, 6) is 2.53. The lowest BCUT2D eigenvalue weighted by Crippen LogP contribution is -2.52. The standard InChI is InChI=1S/C41H47F2N5O4/c1-5-31-34(43)12-10-27-19-30(49)21-33(37(27)31)26-9-11-32-35(20-26)45-39(46-38(32)44-24-41(15-7-8-16-41)47(4)36(50)6-2)52-25-40(3)22-28(42)23-48(40)29-13-17-51-18-14-29/h1,6,10,12,19-21,28-29,49H,2,7-9,11,13-18,22-25H2,3-4H3,(H,44,45,46)/t28-,40+/m1/s1. The monoisotopic (exact) mass is 711 g/mol. The smallest absolute Gasteiger partial charge is 0.318 e. The van der Waals surface area contributed by atoms with Crippen molar-refractivity contribution in [3.05, 3.63) is 65.1 Å². The number of hydrogen-bond acceptors (Lipinski definition) is 8. The van der Waals surface area contributed by atoms with E-state index in [0.29, 0.717) is 73.4 Å². The van der Waals surface area contributed by atoms with Crippen LogP contribution in [0.3, 0.4) is 0 Å². The van der Waals surface area contributed by atoms with Gasteiger partial charge < -0.3 is 24.8 Å². The van der Waals surface area contributed by atoms with Gasteiger partial charge in [-0.25, -0.2) is 8.78 Å². The van der Waals surface area contributed by atoms with E-state index in [9.17, 15) is 14.3 Å². The molecule has 3 aromatic rings. The van der Waals surface area contributed by atoms with Gasteiger partial charge in [-0.3, -0.25) is 9.69 Å². The summed E-state index contributed by atoms with van der Waals surface area (Å²) in [6.07, 6.45) is 15.0. The Labute approximate surface area is 304 Å². The number of phenols is 1. The zero-order valence-electron chi connectivity index (χ0n) is 30.0. The summed E-state index contributed by atoms with van der Waals surface area (Å²) in [4.78, 5) is 26.6. The van der Waals surface area contributed by atoms with Crippen LogP contribution in [0.25, 0.3) is 22.4 Å². The molecule has 1 amide bonds. The highest BCUT2D eigenvalue weighted by Crippen LogP contribution is 2.41. The molecule has 9 nitrogen and oxygen atoms in total. The number of halogens is 2. The van der Waals surface area contributed by atoms with Crippen molar-refractivity contribution in [1.29, 1.82) is 0 Å². The van der Waals surface area contributed by atoms with E-state index in [4.69, 9.17) is 25.9 Å². The number of likely N-dealkylation sites (N-methyl/N-ethyl adjacent to an activating group) is 1. The van der Waals surface area contributed by atoms with Gasteiger partial charge >= 0.3 is 6.01 Å². The molecule has 2 aliphatic heterocycles. The largest absolute Gasteiger partial charge is 0.508 e. The third-order valence-electron chi connectivity index (χ3n) is 11.7. The predicted molar refractivity (Wildman–Crippen MR) is 198 cm³/mol. The van der Waals surface area contributed by atoms with Crippen LogP contribution >= 0.6 is 0 Å². The molecule has 7 rings (SSSR count). The number of allylic oxidation sites excluding steroid dienone is 1. The van der Waals surface area contributed by atoms with Crippen LogP contribution in [0.1, 0.15) is 80.7 Å². The Morgan fingerprint density at radius 3 is 2.75 bits per heavy atom. The number of carbonyl (C=O) groups excluding carboxylic acids is 1. The fourth-order valence-corrected chi connectivity index (χ4v) is 8.91. The van der Waals surface area contributed by atoms with Crippen molar-refractivity contribution in [1.82, 2.24) is 19.8 Å². The number of hydrogen-bond donors (Lipinski definition) is 2. The van der Waals surface area contributed by atoms with Gasteiger partial charge in [-0.2, -0.15) is 9.97 Å². The van der Waals surface area contributed by atoms with E-state index in [0.717, 1.165) is 49.7 Å². The van der Waals surface area contributed by atoms with E-state index < -0.39 is 23.1 Å². The maximum absolute atomic E-state index is 15.0. The highest BCUT2D eigenvalue weighted by atomic mass is 19.1. The van der Waals surface area contributed by atoms with Gasteiger partial charge in [0.1, 0.15) is 30.2 Å². The average molecular weight is 712 g/mol. The van der Waals surface area contributed by atoms with Crippen LogP contribution in [0.15, 0.2) is 36.9 Å². The minimum absolute atomic E-state index is 0.0444. The van der Waals surface area contributed by atoms with Gasteiger partial charge in [0.15, 0.2) is 0 Å². The molecule has 0 unspecified atom stereocenters. The van der Waals surface area contributed by atoms with Crippen LogP contribution in [-0.4, -0.2) is 94.0 Å². The highest BCUT2D eigenvalue weighted by Gasteiger charge is 2.46. The van der Waals surface area contributed by atoms with Crippen molar-refractivity contribution < 1.29 is 28.2 Å². The first-order chi connectivity index (χ1) is 25.0. The lowest BCUT2D eigenvalue weighted by Gasteiger charge is -2.41. The van der Waals surface area contributed by atoms with Crippen molar-refractivity contribution >= 4 is 34.1 Å². The Bertz CT molecular complexity index is 1950. The number of amides is 1. The number of phenolic OH excluding ortho intramolecular Hbond substituents is 1. The van der Waals surface area contributed by atoms with E-state index >= 15 is 4.39 Å². The summed E-state index contributed by atoms with van der Waals surface area (Å²) in [6.45, 7) is 8.09. The molecule has 0 bridgehead atoms. The second kappa shape index (κ2) is 14.5. The minimum Gasteiger partial charge on any atom is -0.508 e. The number of rotatable bonds is 10. The molecule has 0 radical (unpaired) electrons. The van der Waals surface area contributed by atoms with E-state index in [-0.39, 0.29) is 35.9 Å². The molecule has 2 saturated heterocycles. The summed E-state index contributed by atoms with van der Waals surface area (Å²) >= 11 is 0. The third kappa shape index (κ3) is 6.74. The summed E-state index contributed by atoms with van der Waals surface area (Å²) < 4.78 is 42.0. The fraction of sp³-hybridized carbons (Fsp3) is 0.488. The van der Waals surface area contributed by atoms with Crippen LogP contribution in [0, 0.1) is 18.2 Å². The van der Waals surface area contributed by atoms with Gasteiger partial charge in [-0.05, 0) is 92.3 Å². The van der Waals surface area contributed by atoms with Gasteiger partial charge in [0, 0.05) is 56.8 Å². The summed E-state index contributed by atoms with van der Waals surface area (Å²) in [5.41, 5.74) is 2.15. The first kappa shape index (κ1) is 35.9. The molecule has 2 atom stereocenters. The van der Waals surface area contributed by atoms with Crippen molar-refractivity contribution in [2.45, 2.75) is 88.0 Å². The average Bonchev–Trinajstić information content (AvgIpc) is 3.76. The van der Waals surface area contributed by atoms with E-state index in [1.807, 2.05) is 20.0 Å². The van der Waals surface area contributed by atoms with Gasteiger partial charge in [-0.15, -0.1) is 6.42 Å². The molecule has 52 heavy (non-hydrogen) atoms. The number of aromatic hydroxyl groups is 1. The molecule has 274 valence electrons. The topological polar surface area (TPSA) is 100 Å². The Hall–Kier alpha value is -4.53. The molecular weight excluding hydrogens is 664 g/mol. The Balaban J connectivity index is 1.26. The first-order valence-electron chi connectivity index (χ1n) is 18.3. The van der Waals surface area contributed by atoms with Gasteiger partial charge in [-0.1, -0.05) is 31.4 Å². The maximum Gasteiger partial charge on any atom is 0.318 e. The maximum atomic E-state index is 15.0. The number of nitrogens with one attached hydrogen (secondary N) is 1. The predicted octanol–water partition coefficient (Wildman–Crippen LogP) is 6.67. The van der Waals surface area contributed by atoms with Crippen LogP contribution in [0.5, 0.6) is 11.8 Å². The fourth-order valence-electron chi connectivity index (χ4n) is 8.91. The lowest BCUT2D eigenvalue weighted by molar-refractivity contribution is -0.129. The van der Waals surface area contributed by atoms with E-state index in [1.165, 1.54) is 12.1 Å². The summed E-state index contributed by atoms with van der Waals surface area (Å²) in [6, 6.07) is 6.49. The second-order valence-corrected chi connectivity index (χ2v) is 15.0. The molecule has 1 aromatic heterocycles. The molecule has 0 spiro atoms. The van der Waals surface area contributed by atoms with E-state index in [2.05, 4.69) is 22.7 Å². The number of fused-ring (bicyclic) bond motifs is 2. The number of alkyl halides is 1. The quantitative estimate of drug-likeness (QED) is 0.178. The van der Waals surface area contributed by atoms with Crippen LogP contribution in [0.4, 0.5) is 14.6 Å². The number of nitrogens with zero attached hydrogens (tertiary/aromatic N) is 4. The van der Waals surface area contributed by atoms with Gasteiger partial charge in [0.2, 0.25) is 5.91 Å². The number of likely N-dealkylation sites (tertiary alicyclic amines) is 1. The SMILES string of the molecule is C#Cc1c(F)ccc2cc(O)cc(C3=Cc4nc(OC[C@]5(C)C[C@@H](F)CN5C5CCOCC5)nc(NCC5(N(C)C(=O)C=C)CCCC5)c4CC3)c12. The van der Waals surface area contributed by atoms with Crippen molar-refractivity contribution in [2.75, 3.05) is 45.3 Å². The molecule has 2 aromatic carbocycles. The zero-order valence-corrected chi connectivity index (χ0v) is 30.0. The zero-order chi connectivity index (χ0) is 36.6. The van der Waals surface area contributed by atoms with Crippen molar-refractivity contribution in [2.24, 2.45) is 0 Å². The highest BCUT2D eigenvalue weighted by molar-refractivity contribution is 6.02. The van der Waals surface area contributed by atoms with Gasteiger partial charge in [0.25, 0.3) is 0 Å². The van der Waals surface area contributed by atoms with Crippen LogP contribution < -0.4 is 10.1 Å². The molecule has 1 saturated carbocycles. The third-order valence-corrected chi connectivity index (χ3v) is 11.7. The molecule has 3 heterocycles. The number of ether oxygens (including phenoxy) is 2. The van der Waals surface area contributed by atoms with Gasteiger partial charge in [0.05, 0.1) is 22.3 Å². The molecule has 2 N–H and O–H groups in total. The number of benzene rings is 2. The number of anilines is 1. The molecule has 3 fully saturated rings. The lowest BCUT2D eigenvalue weighted by atomic mass is 9.87. The second-order valence-electron chi connectivity index (χ2n) is 15.0. The summed E-state index contributed by atoms with van der Waals surface area (Å²) in [7, 11) is 1.83. The Morgan fingerprint density at radius 1 is 1.25 bits per heavy atom. The molecule has 2 aliphatic carbocycles. The van der Waals surface area contributed by atoms with Crippen LogP contribution in [-0.2, 0) is 16.0 Å². The normalized spacial score (nSPS) is 23.1. The van der Waals surface area contributed by atoms with Crippen molar-refractivity contribution in [3.8, 4) is 24.1 Å². The number of carbonyl (C=O) groups is 1. The van der Waals surface area contributed by atoms with Crippen LogP contribution in [0.2, 0.25) is 0 Å². The Morgan fingerprint density at radius 2 is 2.02 bits per heavy atom. The first-order valence-corrected chi connectivity index (χ1v) is 18.3. The Kier molecular flexibility index (Phi) is 9.98. The number of terminal acetylenes is 1. The summed E-state index contributed by atoms with van der Waals surface area (Å²) in [5, 5.41) is 15.5. The number of aromatic nitrogens is 2.